The number of aliphatic hydroxyl groups excluding tert-OH is 1. The summed E-state index contributed by atoms with van der Waals surface area (Å²) in [4.78, 5) is 14.3. The van der Waals surface area contributed by atoms with Crippen LogP contribution in [-0.4, -0.2) is 82.4 Å². The molecule has 3 heterocycles. The number of aromatic nitrogens is 3. The van der Waals surface area contributed by atoms with Crippen molar-refractivity contribution in [1.82, 2.24) is 24.0 Å². The number of aryl methyl sites for hydroxylation is 1. The molecule has 0 saturated carbocycles. The summed E-state index contributed by atoms with van der Waals surface area (Å²) in [5, 5.41) is 18.4. The molecular weight excluding hydrogens is 346 g/mol. The van der Waals surface area contributed by atoms with E-state index in [1.54, 1.807) is 0 Å². The van der Waals surface area contributed by atoms with Crippen LogP contribution in [0.3, 0.4) is 0 Å². The van der Waals surface area contributed by atoms with Crippen LogP contribution in [0.25, 0.3) is 0 Å². The summed E-state index contributed by atoms with van der Waals surface area (Å²) in [6.07, 6.45) is 3.08. The number of rotatable bonds is 4. The van der Waals surface area contributed by atoms with Crippen LogP contribution in [0.15, 0.2) is 0 Å². The van der Waals surface area contributed by atoms with Crippen LogP contribution in [0.1, 0.15) is 35.7 Å². The average molecular weight is 371 g/mol. The molecule has 1 fully saturated rings. The van der Waals surface area contributed by atoms with Crippen molar-refractivity contribution in [2.75, 3.05) is 32.9 Å². The van der Waals surface area contributed by atoms with Crippen LogP contribution < -0.4 is 0 Å². The standard InChI is InChI=1S/C15H25N5O4S/c1-18(2)25(23,24)10-11-8-19(9-12(11)21)15(22)14-17-16-13-6-4-3-5-7-20(13)14/h11-12,21H,3-10H2,1-2H3/t11-,12-/m0/s1. The molecule has 1 N–H and O–H groups in total. The third-order valence-corrected chi connectivity index (χ3v) is 6.94. The van der Waals surface area contributed by atoms with Crippen molar-refractivity contribution in [3.05, 3.63) is 11.6 Å². The first-order chi connectivity index (χ1) is 11.8. The number of sulfonamides is 1. The molecule has 0 spiro atoms. The Morgan fingerprint density at radius 3 is 2.72 bits per heavy atom. The normalized spacial score (nSPS) is 24.4. The van der Waals surface area contributed by atoms with Crippen LogP contribution in [0.2, 0.25) is 0 Å². The van der Waals surface area contributed by atoms with Crippen molar-refractivity contribution in [3.63, 3.8) is 0 Å². The number of amides is 1. The van der Waals surface area contributed by atoms with E-state index in [1.807, 2.05) is 4.57 Å². The van der Waals surface area contributed by atoms with E-state index in [0.29, 0.717) is 5.82 Å². The molecule has 2 atom stereocenters. The van der Waals surface area contributed by atoms with Gasteiger partial charge < -0.3 is 14.6 Å². The summed E-state index contributed by atoms with van der Waals surface area (Å²) < 4.78 is 27.1. The third-order valence-electron chi connectivity index (χ3n) is 4.98. The molecule has 0 aliphatic carbocycles. The minimum atomic E-state index is -3.43. The Labute approximate surface area is 147 Å². The summed E-state index contributed by atoms with van der Waals surface area (Å²) in [7, 11) is -0.508. The van der Waals surface area contributed by atoms with E-state index >= 15 is 0 Å². The number of hydrogen-bond donors (Lipinski definition) is 1. The van der Waals surface area contributed by atoms with Gasteiger partial charge in [-0.05, 0) is 12.8 Å². The molecule has 0 aromatic carbocycles. The van der Waals surface area contributed by atoms with Gasteiger partial charge in [-0.25, -0.2) is 12.7 Å². The third kappa shape index (κ3) is 3.70. The molecule has 25 heavy (non-hydrogen) atoms. The molecular formula is C15H25N5O4S. The predicted molar refractivity (Wildman–Crippen MR) is 90.5 cm³/mol. The number of nitrogens with zero attached hydrogens (tertiary/aromatic N) is 5. The maximum Gasteiger partial charge on any atom is 0.291 e. The Balaban J connectivity index is 1.73. The van der Waals surface area contributed by atoms with Gasteiger partial charge in [-0.3, -0.25) is 4.79 Å². The molecule has 1 aromatic rings. The molecule has 1 aromatic heterocycles. The molecule has 0 unspecified atom stereocenters. The second kappa shape index (κ2) is 7.00. The Kier molecular flexibility index (Phi) is 5.12. The van der Waals surface area contributed by atoms with Gasteiger partial charge >= 0.3 is 0 Å². The number of fused-ring (bicyclic) bond motifs is 1. The van der Waals surface area contributed by atoms with E-state index in [4.69, 9.17) is 0 Å². The quantitative estimate of drug-likeness (QED) is 0.752. The molecule has 1 amide bonds. The average Bonchev–Trinajstić information content (AvgIpc) is 3.02. The predicted octanol–water partition coefficient (Wildman–Crippen LogP) is -0.671. The van der Waals surface area contributed by atoms with Gasteiger partial charge in [0.1, 0.15) is 5.82 Å². The molecule has 2 aliphatic heterocycles. The smallest absolute Gasteiger partial charge is 0.291 e. The first-order valence-electron chi connectivity index (χ1n) is 8.59. The summed E-state index contributed by atoms with van der Waals surface area (Å²) >= 11 is 0. The first kappa shape index (κ1) is 18.3. The number of likely N-dealkylation sites (tertiary alicyclic amines) is 1. The lowest BCUT2D eigenvalue weighted by Crippen LogP contribution is -2.34. The number of carbonyl (C=O) groups is 1. The zero-order chi connectivity index (χ0) is 18.2. The lowest BCUT2D eigenvalue weighted by molar-refractivity contribution is 0.0747. The lowest BCUT2D eigenvalue weighted by atomic mass is 10.1. The van der Waals surface area contributed by atoms with Crippen molar-refractivity contribution < 1.29 is 18.3 Å². The van der Waals surface area contributed by atoms with Crippen molar-refractivity contribution in [3.8, 4) is 0 Å². The van der Waals surface area contributed by atoms with E-state index in [2.05, 4.69) is 10.2 Å². The zero-order valence-electron chi connectivity index (χ0n) is 14.6. The molecule has 10 heteroatoms. The van der Waals surface area contributed by atoms with Crippen molar-refractivity contribution >= 4 is 15.9 Å². The maximum absolute atomic E-state index is 12.8. The Morgan fingerprint density at radius 2 is 2.00 bits per heavy atom. The second-order valence-electron chi connectivity index (χ2n) is 7.00. The van der Waals surface area contributed by atoms with E-state index < -0.39 is 22.0 Å². The van der Waals surface area contributed by atoms with Crippen LogP contribution in [-0.2, 0) is 23.0 Å². The van der Waals surface area contributed by atoms with Crippen molar-refractivity contribution in [1.29, 1.82) is 0 Å². The zero-order valence-corrected chi connectivity index (χ0v) is 15.4. The number of carbonyl (C=O) groups excluding carboxylic acids is 1. The van der Waals surface area contributed by atoms with E-state index in [-0.39, 0.29) is 24.7 Å². The lowest BCUT2D eigenvalue weighted by Gasteiger charge is -2.18. The minimum absolute atomic E-state index is 0.120. The molecule has 9 nitrogen and oxygen atoms in total. The topological polar surface area (TPSA) is 109 Å². The Hall–Kier alpha value is -1.52. The van der Waals surface area contributed by atoms with Crippen molar-refractivity contribution in [2.45, 2.75) is 38.3 Å². The van der Waals surface area contributed by atoms with Crippen LogP contribution >= 0.6 is 0 Å². The molecule has 2 aliphatic rings. The van der Waals surface area contributed by atoms with Gasteiger partial charge in [0.15, 0.2) is 0 Å². The SMILES string of the molecule is CN(C)S(=O)(=O)C[C@@H]1CN(C(=O)c2nnc3n2CCCCC3)C[C@@H]1O. The van der Waals surface area contributed by atoms with Crippen LogP contribution in [0, 0.1) is 5.92 Å². The molecule has 1 saturated heterocycles. The van der Waals surface area contributed by atoms with E-state index in [9.17, 15) is 18.3 Å². The van der Waals surface area contributed by atoms with Gasteiger partial charge in [-0.2, -0.15) is 0 Å². The second-order valence-corrected chi connectivity index (χ2v) is 9.23. The highest BCUT2D eigenvalue weighted by Crippen LogP contribution is 2.22. The Morgan fingerprint density at radius 1 is 1.24 bits per heavy atom. The fourth-order valence-corrected chi connectivity index (χ4v) is 4.55. The fraction of sp³-hybridized carbons (Fsp3) is 0.800. The largest absolute Gasteiger partial charge is 0.391 e. The van der Waals surface area contributed by atoms with Gasteiger partial charge in [0.2, 0.25) is 15.8 Å². The highest BCUT2D eigenvalue weighted by atomic mass is 32.2. The monoisotopic (exact) mass is 371 g/mol. The van der Waals surface area contributed by atoms with Crippen LogP contribution in [0.4, 0.5) is 0 Å². The molecule has 3 rings (SSSR count). The van der Waals surface area contributed by atoms with Gasteiger partial charge in [0, 0.05) is 46.1 Å². The number of aliphatic hydroxyl groups is 1. The molecule has 0 bridgehead atoms. The maximum atomic E-state index is 12.8. The number of β-amino-alcohol motifs (C(OH)–C–C–N with tert-alkyl or cyclic N) is 1. The van der Waals surface area contributed by atoms with Gasteiger partial charge in [-0.1, -0.05) is 6.42 Å². The van der Waals surface area contributed by atoms with Gasteiger partial charge in [0.05, 0.1) is 11.9 Å². The minimum Gasteiger partial charge on any atom is -0.391 e. The van der Waals surface area contributed by atoms with Gasteiger partial charge in [0.25, 0.3) is 5.91 Å². The summed E-state index contributed by atoms with van der Waals surface area (Å²) in [5.74, 6) is 0.156. The van der Waals surface area contributed by atoms with Crippen LogP contribution in [0.5, 0.6) is 0 Å². The van der Waals surface area contributed by atoms with E-state index in [1.165, 1.54) is 19.0 Å². The summed E-state index contributed by atoms with van der Waals surface area (Å²) in [6.45, 7) is 1.04. The first-order valence-corrected chi connectivity index (χ1v) is 10.2. The fourth-order valence-electron chi connectivity index (χ4n) is 3.39. The molecule has 140 valence electrons. The highest BCUT2D eigenvalue weighted by Gasteiger charge is 2.39. The van der Waals surface area contributed by atoms with E-state index in [0.717, 1.165) is 42.4 Å². The van der Waals surface area contributed by atoms with Crippen molar-refractivity contribution in [2.24, 2.45) is 5.92 Å². The summed E-state index contributed by atoms with van der Waals surface area (Å²) in [5.41, 5.74) is 0. The molecule has 0 radical (unpaired) electrons. The number of hydrogen-bond acceptors (Lipinski definition) is 6. The summed E-state index contributed by atoms with van der Waals surface area (Å²) in [6, 6.07) is 0. The van der Waals surface area contributed by atoms with Gasteiger partial charge in [-0.15, -0.1) is 10.2 Å². The Bertz CT molecular complexity index is 745. The highest BCUT2D eigenvalue weighted by molar-refractivity contribution is 7.89.